The van der Waals surface area contributed by atoms with Gasteiger partial charge in [0, 0.05) is 10.6 Å². The molecule has 2 heterocycles. The van der Waals surface area contributed by atoms with Crippen LogP contribution in [0.25, 0.3) is 10.2 Å². The predicted octanol–water partition coefficient (Wildman–Crippen LogP) is 4.61. The van der Waals surface area contributed by atoms with Crippen molar-refractivity contribution < 1.29 is 18.0 Å². The monoisotopic (exact) mass is 439 g/mol. The van der Waals surface area contributed by atoms with Crippen molar-refractivity contribution in [2.45, 2.75) is 37.0 Å². The first-order valence-electron chi connectivity index (χ1n) is 8.96. The third kappa shape index (κ3) is 4.32. The summed E-state index contributed by atoms with van der Waals surface area (Å²) in [7, 11) is 0. The number of nitrogens with zero attached hydrogens (tertiary/aromatic N) is 1. The third-order valence-electron chi connectivity index (χ3n) is 4.64. The topological polar surface area (TPSA) is 74.8 Å². The zero-order valence-electron chi connectivity index (χ0n) is 15.1. The molecule has 10 heteroatoms. The number of hydrogen-bond donors (Lipinski definition) is 2. The summed E-state index contributed by atoms with van der Waals surface area (Å²) in [6, 6.07) is 4.23. The molecule has 0 radical (unpaired) electrons. The fraction of sp³-hybridized carbons (Fsp3) is 0.316. The van der Waals surface area contributed by atoms with Gasteiger partial charge in [0.1, 0.15) is 4.83 Å². The van der Waals surface area contributed by atoms with Crippen molar-refractivity contribution >= 4 is 44.9 Å². The zero-order chi connectivity index (χ0) is 20.6. The van der Waals surface area contributed by atoms with E-state index in [0.717, 1.165) is 55.1 Å². The van der Waals surface area contributed by atoms with Gasteiger partial charge >= 0.3 is 6.18 Å². The molecule has 0 atom stereocenters. The van der Waals surface area contributed by atoms with Gasteiger partial charge in [-0.25, -0.2) is 4.98 Å². The van der Waals surface area contributed by atoms with Crippen LogP contribution in [0.4, 0.5) is 18.9 Å². The summed E-state index contributed by atoms with van der Waals surface area (Å²) in [5.41, 5.74) is 0.395. The van der Waals surface area contributed by atoms with Gasteiger partial charge in [0.15, 0.2) is 5.16 Å². The average Bonchev–Trinajstić information content (AvgIpc) is 3.05. The Hall–Kier alpha value is -2.33. The van der Waals surface area contributed by atoms with E-state index in [-0.39, 0.29) is 17.0 Å². The van der Waals surface area contributed by atoms with Gasteiger partial charge in [0.05, 0.1) is 16.7 Å². The van der Waals surface area contributed by atoms with Crippen molar-refractivity contribution in [1.29, 1.82) is 0 Å². The molecule has 1 amide bonds. The fourth-order valence-corrected chi connectivity index (χ4v) is 5.27. The van der Waals surface area contributed by atoms with Crippen LogP contribution in [0.5, 0.6) is 0 Å². The van der Waals surface area contributed by atoms with Gasteiger partial charge < -0.3 is 10.3 Å². The number of benzene rings is 1. The highest BCUT2D eigenvalue weighted by Crippen LogP contribution is 2.34. The largest absolute Gasteiger partial charge is 0.416 e. The number of aromatic amines is 1. The number of nitrogens with one attached hydrogen (secondary N) is 2. The molecule has 1 aromatic carbocycles. The predicted molar refractivity (Wildman–Crippen MR) is 108 cm³/mol. The molecule has 0 saturated carbocycles. The van der Waals surface area contributed by atoms with Crippen LogP contribution >= 0.6 is 23.1 Å². The van der Waals surface area contributed by atoms with E-state index in [4.69, 9.17) is 0 Å². The lowest BCUT2D eigenvalue weighted by molar-refractivity contribution is -0.137. The van der Waals surface area contributed by atoms with Gasteiger partial charge in [-0.3, -0.25) is 9.59 Å². The number of carbonyl (C=O) groups excluding carboxylic acids is 1. The van der Waals surface area contributed by atoms with Crippen molar-refractivity contribution in [3.05, 3.63) is 50.6 Å². The van der Waals surface area contributed by atoms with E-state index >= 15 is 0 Å². The number of anilines is 1. The SMILES string of the molecule is O=C(CSc1nc2sc3c(c2c(=O)[nH]1)CCCC3)Nc1ccc(C(F)(F)F)cc1. The van der Waals surface area contributed by atoms with Crippen LogP contribution in [0.3, 0.4) is 0 Å². The standard InChI is InChI=1S/C19H16F3N3O2S2/c20-19(21,22)10-5-7-11(8-6-10)23-14(26)9-28-18-24-16(27)15-12-3-1-2-4-13(12)29-17(15)25-18/h5-8H,1-4,9H2,(H,23,26)(H,24,25,27). The van der Waals surface area contributed by atoms with Crippen molar-refractivity contribution in [2.24, 2.45) is 0 Å². The molecule has 2 aromatic heterocycles. The molecule has 152 valence electrons. The minimum atomic E-state index is -4.42. The lowest BCUT2D eigenvalue weighted by Crippen LogP contribution is -2.16. The van der Waals surface area contributed by atoms with Crippen LogP contribution in [0, 0.1) is 0 Å². The summed E-state index contributed by atoms with van der Waals surface area (Å²) < 4.78 is 37.8. The van der Waals surface area contributed by atoms with Gasteiger partial charge in [0.25, 0.3) is 5.56 Å². The van der Waals surface area contributed by atoms with E-state index in [1.165, 1.54) is 28.3 Å². The molecule has 0 unspecified atom stereocenters. The normalized spacial score (nSPS) is 14.0. The summed E-state index contributed by atoms with van der Waals surface area (Å²) in [6.07, 6.45) is -0.381. The lowest BCUT2D eigenvalue weighted by atomic mass is 9.97. The van der Waals surface area contributed by atoms with Gasteiger partial charge in [-0.05, 0) is 55.5 Å². The Labute approximate surface area is 171 Å². The van der Waals surface area contributed by atoms with E-state index in [1.54, 1.807) is 0 Å². The second kappa shape index (κ2) is 7.83. The third-order valence-corrected chi connectivity index (χ3v) is 6.70. The van der Waals surface area contributed by atoms with Gasteiger partial charge in [0.2, 0.25) is 5.91 Å². The number of hydrogen-bond acceptors (Lipinski definition) is 5. The molecule has 1 aliphatic carbocycles. The summed E-state index contributed by atoms with van der Waals surface area (Å²) in [4.78, 5) is 33.7. The summed E-state index contributed by atoms with van der Waals surface area (Å²) in [6.45, 7) is 0. The Morgan fingerprint density at radius 2 is 1.93 bits per heavy atom. The molecule has 5 nitrogen and oxygen atoms in total. The zero-order valence-corrected chi connectivity index (χ0v) is 16.7. The Balaban J connectivity index is 1.43. The Morgan fingerprint density at radius 1 is 1.21 bits per heavy atom. The van der Waals surface area contributed by atoms with Crippen LogP contribution in [0.15, 0.2) is 34.2 Å². The van der Waals surface area contributed by atoms with E-state index in [2.05, 4.69) is 15.3 Å². The maximum absolute atomic E-state index is 12.6. The number of alkyl halides is 3. The molecule has 1 aliphatic rings. The number of aryl methyl sites for hydroxylation is 2. The Bertz CT molecular complexity index is 1120. The highest BCUT2D eigenvalue weighted by atomic mass is 32.2. The molecule has 3 aromatic rings. The number of carbonyl (C=O) groups is 1. The maximum Gasteiger partial charge on any atom is 0.416 e. The second-order valence-corrected chi connectivity index (χ2v) is 8.72. The molecule has 29 heavy (non-hydrogen) atoms. The maximum atomic E-state index is 12.6. The lowest BCUT2D eigenvalue weighted by Gasteiger charge is -2.09. The summed E-state index contributed by atoms with van der Waals surface area (Å²) in [5, 5.41) is 3.54. The molecular weight excluding hydrogens is 423 g/mol. The molecule has 0 aliphatic heterocycles. The van der Waals surface area contributed by atoms with Crippen molar-refractivity contribution in [3.8, 4) is 0 Å². The van der Waals surface area contributed by atoms with Crippen LogP contribution in [-0.2, 0) is 23.8 Å². The number of aromatic nitrogens is 2. The number of rotatable bonds is 4. The Morgan fingerprint density at radius 3 is 2.66 bits per heavy atom. The first-order valence-corrected chi connectivity index (χ1v) is 10.8. The number of H-pyrrole nitrogens is 1. The van der Waals surface area contributed by atoms with Crippen molar-refractivity contribution in [3.63, 3.8) is 0 Å². The molecule has 2 N–H and O–H groups in total. The number of fused-ring (bicyclic) bond motifs is 3. The first kappa shape index (κ1) is 20.0. The van der Waals surface area contributed by atoms with Gasteiger partial charge in [-0.15, -0.1) is 11.3 Å². The summed E-state index contributed by atoms with van der Waals surface area (Å²) in [5.74, 6) is -0.427. The number of thioether (sulfide) groups is 1. The summed E-state index contributed by atoms with van der Waals surface area (Å²) >= 11 is 2.61. The molecule has 0 fully saturated rings. The van der Waals surface area contributed by atoms with Crippen LogP contribution in [-0.4, -0.2) is 21.6 Å². The fourth-order valence-electron chi connectivity index (χ4n) is 3.29. The molecule has 0 bridgehead atoms. The second-order valence-electron chi connectivity index (χ2n) is 6.67. The van der Waals surface area contributed by atoms with E-state index in [0.29, 0.717) is 15.4 Å². The quantitative estimate of drug-likeness (QED) is 0.460. The van der Waals surface area contributed by atoms with Gasteiger partial charge in [-0.2, -0.15) is 13.2 Å². The van der Waals surface area contributed by atoms with Crippen molar-refractivity contribution in [2.75, 3.05) is 11.1 Å². The minimum absolute atomic E-state index is 0.0272. The molecular formula is C19H16F3N3O2S2. The number of thiophene rings is 1. The van der Waals surface area contributed by atoms with Crippen LogP contribution in [0.1, 0.15) is 28.8 Å². The first-order chi connectivity index (χ1) is 13.8. The smallest absolute Gasteiger partial charge is 0.325 e. The molecule has 0 saturated heterocycles. The number of amides is 1. The van der Waals surface area contributed by atoms with E-state index in [9.17, 15) is 22.8 Å². The van der Waals surface area contributed by atoms with Crippen molar-refractivity contribution in [1.82, 2.24) is 9.97 Å². The van der Waals surface area contributed by atoms with E-state index < -0.39 is 17.6 Å². The minimum Gasteiger partial charge on any atom is -0.325 e. The van der Waals surface area contributed by atoms with Crippen LogP contribution in [0.2, 0.25) is 0 Å². The molecule has 0 spiro atoms. The van der Waals surface area contributed by atoms with E-state index in [1.807, 2.05) is 0 Å². The Kier molecular flexibility index (Phi) is 5.39. The van der Waals surface area contributed by atoms with Gasteiger partial charge in [-0.1, -0.05) is 11.8 Å². The van der Waals surface area contributed by atoms with Crippen LogP contribution < -0.4 is 10.9 Å². The molecule has 4 rings (SSSR count). The average molecular weight is 439 g/mol. The highest BCUT2D eigenvalue weighted by molar-refractivity contribution is 7.99. The number of halogens is 3. The highest BCUT2D eigenvalue weighted by Gasteiger charge is 2.30.